The number of para-hydroxylation sites is 1. The molecule has 0 aliphatic heterocycles. The summed E-state index contributed by atoms with van der Waals surface area (Å²) in [5.41, 5.74) is 3.68. The first-order valence-electron chi connectivity index (χ1n) is 12.2. The van der Waals surface area contributed by atoms with Crippen LogP contribution < -0.4 is 10.6 Å². The van der Waals surface area contributed by atoms with Crippen LogP contribution in [-0.2, 0) is 14.3 Å². The lowest BCUT2D eigenvalue weighted by molar-refractivity contribution is -0.140. The number of rotatable bonds is 9. The van der Waals surface area contributed by atoms with Crippen LogP contribution in [0, 0.1) is 20.8 Å². The quantitative estimate of drug-likeness (QED) is 0.394. The highest BCUT2D eigenvalue weighted by Gasteiger charge is 2.35. The second-order valence-corrected chi connectivity index (χ2v) is 10.3. The molecule has 0 heterocycles. The Morgan fingerprint density at radius 3 is 2.22 bits per heavy atom. The van der Waals surface area contributed by atoms with Gasteiger partial charge in [-0.05, 0) is 76.3 Å². The molecule has 0 saturated heterocycles. The summed E-state index contributed by atoms with van der Waals surface area (Å²) in [7, 11) is 0. The van der Waals surface area contributed by atoms with Crippen LogP contribution in [0.3, 0.4) is 0 Å². The van der Waals surface area contributed by atoms with Crippen LogP contribution in [0.15, 0.2) is 42.5 Å². The number of carbonyl (C=O) groups is 3. The minimum Gasteiger partial charge on any atom is -0.444 e. The normalized spacial score (nSPS) is 12.9. The number of nitrogens with zero attached hydrogens (tertiary/aromatic N) is 1. The lowest BCUT2D eigenvalue weighted by atomic mass is 9.98. The van der Waals surface area contributed by atoms with Crippen molar-refractivity contribution in [1.29, 1.82) is 0 Å². The summed E-state index contributed by atoms with van der Waals surface area (Å²) >= 11 is 4.32. The first-order valence-corrected chi connectivity index (χ1v) is 12.9. The molecular formula is C28H39N3O4S. The standard InChI is InChI=1S/C28H39N3O4S/c1-8-15-31(26(33)23(17-36)30-27(34)35-28(5,6)7)24(21-14-13-18(2)20(4)16-21)25(32)29-22-12-10-9-11-19(22)3/h9-14,16,23-24,36H,8,15,17H2,1-7H3,(H,29,32)(H,30,34). The second kappa shape index (κ2) is 12.8. The van der Waals surface area contributed by atoms with Crippen LogP contribution in [0.2, 0.25) is 0 Å². The van der Waals surface area contributed by atoms with Crippen LogP contribution in [-0.4, -0.2) is 46.7 Å². The van der Waals surface area contributed by atoms with Crippen molar-refractivity contribution in [3.05, 3.63) is 64.7 Å². The topological polar surface area (TPSA) is 87.7 Å². The van der Waals surface area contributed by atoms with Crippen LogP contribution >= 0.6 is 12.6 Å². The predicted molar refractivity (Wildman–Crippen MR) is 147 cm³/mol. The van der Waals surface area contributed by atoms with E-state index in [1.807, 2.05) is 70.2 Å². The summed E-state index contributed by atoms with van der Waals surface area (Å²) in [6.07, 6.45) is -0.0883. The fraction of sp³-hybridized carbons (Fsp3) is 0.464. The van der Waals surface area contributed by atoms with E-state index in [0.29, 0.717) is 24.2 Å². The highest BCUT2D eigenvalue weighted by Crippen LogP contribution is 2.27. The molecular weight excluding hydrogens is 474 g/mol. The smallest absolute Gasteiger partial charge is 0.408 e. The number of hydrogen-bond donors (Lipinski definition) is 3. The Morgan fingerprint density at radius 2 is 1.67 bits per heavy atom. The van der Waals surface area contributed by atoms with Crippen molar-refractivity contribution in [3.8, 4) is 0 Å². The summed E-state index contributed by atoms with van der Waals surface area (Å²) < 4.78 is 5.34. The molecule has 7 nitrogen and oxygen atoms in total. The Labute approximate surface area is 220 Å². The van der Waals surface area contributed by atoms with Gasteiger partial charge in [-0.1, -0.05) is 43.3 Å². The Morgan fingerprint density at radius 1 is 1.00 bits per heavy atom. The van der Waals surface area contributed by atoms with Gasteiger partial charge in [-0.2, -0.15) is 12.6 Å². The van der Waals surface area contributed by atoms with Crippen LogP contribution in [0.1, 0.15) is 62.4 Å². The van der Waals surface area contributed by atoms with Gasteiger partial charge < -0.3 is 20.3 Å². The molecule has 2 N–H and O–H groups in total. The molecule has 0 spiro atoms. The van der Waals surface area contributed by atoms with Gasteiger partial charge in [-0.3, -0.25) is 9.59 Å². The molecule has 2 aromatic carbocycles. The summed E-state index contributed by atoms with van der Waals surface area (Å²) in [5, 5.41) is 5.63. The molecule has 0 aromatic heterocycles. The number of benzene rings is 2. The van der Waals surface area contributed by atoms with Gasteiger partial charge in [0, 0.05) is 18.0 Å². The average molecular weight is 514 g/mol. The number of alkyl carbamates (subject to hydrolysis) is 1. The van der Waals surface area contributed by atoms with Crippen molar-refractivity contribution >= 4 is 36.2 Å². The van der Waals surface area contributed by atoms with Gasteiger partial charge in [0.25, 0.3) is 5.91 Å². The number of thiol groups is 1. The van der Waals surface area contributed by atoms with Crippen molar-refractivity contribution < 1.29 is 19.1 Å². The van der Waals surface area contributed by atoms with Crippen LogP contribution in [0.25, 0.3) is 0 Å². The third-order valence-electron chi connectivity index (χ3n) is 5.73. The minimum absolute atomic E-state index is 0.0529. The number of nitrogens with one attached hydrogen (secondary N) is 2. The number of amides is 3. The molecule has 2 rings (SSSR count). The first-order chi connectivity index (χ1) is 16.9. The number of hydrogen-bond acceptors (Lipinski definition) is 5. The average Bonchev–Trinajstić information content (AvgIpc) is 2.79. The van der Waals surface area contributed by atoms with Crippen molar-refractivity contribution in [2.75, 3.05) is 17.6 Å². The van der Waals surface area contributed by atoms with Gasteiger partial charge in [-0.25, -0.2) is 4.79 Å². The molecule has 0 aliphatic rings. The third kappa shape index (κ3) is 8.01. The lowest BCUT2D eigenvalue weighted by Crippen LogP contribution is -2.53. The molecule has 0 radical (unpaired) electrons. The second-order valence-electron chi connectivity index (χ2n) is 9.96. The molecule has 3 amide bonds. The van der Waals surface area contributed by atoms with E-state index in [2.05, 4.69) is 23.3 Å². The third-order valence-corrected chi connectivity index (χ3v) is 6.09. The highest BCUT2D eigenvalue weighted by atomic mass is 32.1. The van der Waals surface area contributed by atoms with Crippen LogP contribution in [0.4, 0.5) is 10.5 Å². The molecule has 2 aromatic rings. The summed E-state index contributed by atoms with van der Waals surface area (Å²) in [6.45, 7) is 13.4. The van der Waals surface area contributed by atoms with E-state index in [4.69, 9.17) is 4.74 Å². The van der Waals surface area contributed by atoms with Gasteiger partial charge >= 0.3 is 6.09 Å². The van der Waals surface area contributed by atoms with E-state index < -0.39 is 29.7 Å². The fourth-order valence-electron chi connectivity index (χ4n) is 3.76. The van der Waals surface area contributed by atoms with Crippen molar-refractivity contribution in [2.24, 2.45) is 0 Å². The van der Waals surface area contributed by atoms with E-state index in [1.165, 1.54) is 4.90 Å². The Bertz CT molecular complexity index is 1080. The summed E-state index contributed by atoms with van der Waals surface area (Å²) in [5.74, 6) is -0.678. The predicted octanol–water partition coefficient (Wildman–Crippen LogP) is 5.35. The van der Waals surface area contributed by atoms with Crippen molar-refractivity contribution in [1.82, 2.24) is 10.2 Å². The zero-order chi connectivity index (χ0) is 27.0. The Kier molecular flexibility index (Phi) is 10.4. The van der Waals surface area contributed by atoms with Crippen molar-refractivity contribution in [3.63, 3.8) is 0 Å². The van der Waals surface area contributed by atoms with Gasteiger partial charge in [-0.15, -0.1) is 0 Å². The molecule has 0 aliphatic carbocycles. The SMILES string of the molecule is CCCN(C(=O)C(CS)NC(=O)OC(C)(C)C)C(C(=O)Nc1ccccc1C)c1ccc(C)c(C)c1. The van der Waals surface area contributed by atoms with Gasteiger partial charge in [0.1, 0.15) is 17.7 Å². The largest absolute Gasteiger partial charge is 0.444 e. The Hall–Kier alpha value is -3.00. The fourth-order valence-corrected chi connectivity index (χ4v) is 4.01. The molecule has 2 atom stereocenters. The zero-order valence-corrected chi connectivity index (χ0v) is 23.2. The van der Waals surface area contributed by atoms with Crippen LogP contribution in [0.5, 0.6) is 0 Å². The number of anilines is 1. The van der Waals surface area contributed by atoms with Gasteiger partial charge in [0.15, 0.2) is 0 Å². The lowest BCUT2D eigenvalue weighted by Gasteiger charge is -2.34. The monoisotopic (exact) mass is 513 g/mol. The molecule has 2 unspecified atom stereocenters. The first kappa shape index (κ1) is 29.2. The maximum Gasteiger partial charge on any atom is 0.408 e. The molecule has 8 heteroatoms. The highest BCUT2D eigenvalue weighted by molar-refractivity contribution is 7.80. The minimum atomic E-state index is -0.963. The maximum absolute atomic E-state index is 13.8. The molecule has 36 heavy (non-hydrogen) atoms. The van der Waals surface area contributed by atoms with E-state index in [-0.39, 0.29) is 11.7 Å². The molecule has 0 bridgehead atoms. The van der Waals surface area contributed by atoms with Gasteiger partial charge in [0.2, 0.25) is 5.91 Å². The molecule has 0 saturated carbocycles. The number of carbonyl (C=O) groups excluding carboxylic acids is 3. The summed E-state index contributed by atoms with van der Waals surface area (Å²) in [4.78, 5) is 41.5. The van der Waals surface area contributed by atoms with E-state index in [1.54, 1.807) is 20.8 Å². The van der Waals surface area contributed by atoms with Crippen molar-refractivity contribution in [2.45, 2.75) is 72.6 Å². The summed E-state index contributed by atoms with van der Waals surface area (Å²) in [6, 6.07) is 11.4. The number of ether oxygens (including phenoxy) is 1. The van der Waals surface area contributed by atoms with Gasteiger partial charge in [0.05, 0.1) is 0 Å². The molecule has 196 valence electrons. The molecule has 0 fully saturated rings. The number of aryl methyl sites for hydroxylation is 3. The van der Waals surface area contributed by atoms with E-state index >= 15 is 0 Å². The van der Waals surface area contributed by atoms with E-state index in [9.17, 15) is 14.4 Å². The maximum atomic E-state index is 13.8. The van der Waals surface area contributed by atoms with E-state index in [0.717, 1.165) is 16.7 Å². The Balaban J connectivity index is 2.48. The zero-order valence-electron chi connectivity index (χ0n) is 22.3.